The lowest BCUT2D eigenvalue weighted by atomic mass is 9.98. The van der Waals surface area contributed by atoms with Crippen molar-refractivity contribution in [3.8, 4) is 11.5 Å². The average Bonchev–Trinajstić information content (AvgIpc) is 2.80. The Morgan fingerprint density at radius 2 is 1.45 bits per heavy atom. The molecule has 0 spiro atoms. The van der Waals surface area contributed by atoms with E-state index in [1.54, 1.807) is 12.1 Å². The summed E-state index contributed by atoms with van der Waals surface area (Å²) in [5.41, 5.74) is 0.765. The van der Waals surface area contributed by atoms with E-state index in [0.29, 0.717) is 6.42 Å². The molecule has 12 nitrogen and oxygen atoms in total. The van der Waals surface area contributed by atoms with Crippen LogP contribution in [0.5, 0.6) is 11.5 Å². The summed E-state index contributed by atoms with van der Waals surface area (Å²) in [6, 6.07) is 4.55. The van der Waals surface area contributed by atoms with Crippen LogP contribution in [0.15, 0.2) is 30.9 Å². The first-order chi connectivity index (χ1) is 15.7. The van der Waals surface area contributed by atoms with Gasteiger partial charge in [0.05, 0.1) is 13.2 Å². The van der Waals surface area contributed by atoms with Gasteiger partial charge in [-0.3, -0.25) is 0 Å². The molecular formula is C21H30O12. The smallest absolute Gasteiger partial charge is 0.229 e. The monoisotopic (exact) mass is 474 g/mol. The number of phenols is 1. The quantitative estimate of drug-likeness (QED) is 0.179. The predicted molar refractivity (Wildman–Crippen MR) is 109 cm³/mol. The van der Waals surface area contributed by atoms with E-state index in [1.165, 1.54) is 12.1 Å². The van der Waals surface area contributed by atoms with E-state index in [4.69, 9.17) is 18.9 Å². The molecule has 1 aromatic carbocycles. The molecule has 0 amide bonds. The molecule has 0 saturated carbocycles. The molecule has 0 bridgehead atoms. The molecule has 0 aliphatic carbocycles. The maximum absolute atomic E-state index is 10.3. The zero-order valence-corrected chi connectivity index (χ0v) is 17.6. The summed E-state index contributed by atoms with van der Waals surface area (Å²) in [7, 11) is 0. The number of aliphatic hydroxyl groups is 7. The van der Waals surface area contributed by atoms with Crippen molar-refractivity contribution in [2.45, 2.75) is 67.8 Å². The lowest BCUT2D eigenvalue weighted by molar-refractivity contribution is -0.323. The first-order valence-electron chi connectivity index (χ1n) is 10.4. The molecular weight excluding hydrogens is 444 g/mol. The number of ether oxygens (including phenoxy) is 4. The average molecular weight is 474 g/mol. The Kier molecular flexibility index (Phi) is 8.64. The fourth-order valence-corrected chi connectivity index (χ4v) is 3.63. The van der Waals surface area contributed by atoms with E-state index in [9.17, 15) is 40.9 Å². The SMILES string of the molecule is C=CCc1ccc(OC2OC(COC3OC(CO)C(O)C(O)C3O)C(O)C(O)C2O)c(O)c1. The van der Waals surface area contributed by atoms with Crippen LogP contribution >= 0.6 is 0 Å². The first-order valence-corrected chi connectivity index (χ1v) is 10.4. The van der Waals surface area contributed by atoms with Crippen molar-refractivity contribution in [1.29, 1.82) is 0 Å². The van der Waals surface area contributed by atoms with Crippen LogP contribution in [0, 0.1) is 0 Å². The molecule has 2 saturated heterocycles. The Morgan fingerprint density at radius 3 is 2.06 bits per heavy atom. The third kappa shape index (κ3) is 5.63. The number of aliphatic hydroxyl groups excluding tert-OH is 7. The molecule has 0 aromatic heterocycles. The summed E-state index contributed by atoms with van der Waals surface area (Å²) in [6.45, 7) is 2.48. The van der Waals surface area contributed by atoms with Gasteiger partial charge in [0.15, 0.2) is 17.8 Å². The minimum absolute atomic E-state index is 0.0379. The normalized spacial score (nSPS) is 39.2. The van der Waals surface area contributed by atoms with Crippen LogP contribution in [-0.4, -0.2) is 115 Å². The van der Waals surface area contributed by atoms with Gasteiger partial charge in [0.1, 0.15) is 48.8 Å². The van der Waals surface area contributed by atoms with Crippen LogP contribution in [0.4, 0.5) is 0 Å². The van der Waals surface area contributed by atoms with Crippen LogP contribution in [0.2, 0.25) is 0 Å². The second-order valence-corrected chi connectivity index (χ2v) is 7.96. The van der Waals surface area contributed by atoms with E-state index in [2.05, 4.69) is 6.58 Å². The molecule has 2 aliphatic heterocycles. The summed E-state index contributed by atoms with van der Waals surface area (Å²) in [5.74, 6) is -0.274. The maximum Gasteiger partial charge on any atom is 0.229 e. The van der Waals surface area contributed by atoms with Gasteiger partial charge in [-0.25, -0.2) is 0 Å². The molecule has 3 rings (SSSR count). The van der Waals surface area contributed by atoms with Gasteiger partial charge in [-0.2, -0.15) is 0 Å². The highest BCUT2D eigenvalue weighted by Gasteiger charge is 2.48. The van der Waals surface area contributed by atoms with Gasteiger partial charge in [0, 0.05) is 0 Å². The van der Waals surface area contributed by atoms with E-state index in [0.717, 1.165) is 5.56 Å². The predicted octanol–water partition coefficient (Wildman–Crippen LogP) is -2.88. The van der Waals surface area contributed by atoms with Crippen LogP contribution < -0.4 is 4.74 Å². The second-order valence-electron chi connectivity index (χ2n) is 7.96. The molecule has 186 valence electrons. The fraction of sp³-hybridized carbons (Fsp3) is 0.619. The molecule has 10 atom stereocenters. The number of benzene rings is 1. The number of hydrogen-bond acceptors (Lipinski definition) is 12. The van der Waals surface area contributed by atoms with E-state index in [1.807, 2.05) is 0 Å². The topological polar surface area (TPSA) is 199 Å². The van der Waals surface area contributed by atoms with Crippen molar-refractivity contribution in [3.63, 3.8) is 0 Å². The molecule has 2 fully saturated rings. The van der Waals surface area contributed by atoms with Crippen molar-refractivity contribution >= 4 is 0 Å². The number of phenolic OH excluding ortho intramolecular Hbond substituents is 1. The van der Waals surface area contributed by atoms with Crippen molar-refractivity contribution < 1.29 is 59.8 Å². The van der Waals surface area contributed by atoms with Crippen LogP contribution in [-0.2, 0) is 20.6 Å². The van der Waals surface area contributed by atoms with Crippen molar-refractivity contribution in [3.05, 3.63) is 36.4 Å². The molecule has 1 aromatic rings. The molecule has 10 unspecified atom stereocenters. The molecule has 2 heterocycles. The van der Waals surface area contributed by atoms with Crippen molar-refractivity contribution in [2.24, 2.45) is 0 Å². The highest BCUT2D eigenvalue weighted by atomic mass is 16.7. The molecule has 0 radical (unpaired) electrons. The van der Waals surface area contributed by atoms with Gasteiger partial charge in [-0.1, -0.05) is 12.1 Å². The Hall–Kier alpha value is -1.84. The van der Waals surface area contributed by atoms with E-state index < -0.39 is 74.6 Å². The van der Waals surface area contributed by atoms with Crippen LogP contribution in [0.1, 0.15) is 5.56 Å². The van der Waals surface area contributed by atoms with Gasteiger partial charge >= 0.3 is 0 Å². The zero-order valence-electron chi connectivity index (χ0n) is 17.6. The van der Waals surface area contributed by atoms with Gasteiger partial charge in [0.25, 0.3) is 0 Å². The highest BCUT2D eigenvalue weighted by Crippen LogP contribution is 2.32. The summed E-state index contributed by atoms with van der Waals surface area (Å²) in [5, 5.41) is 79.9. The van der Waals surface area contributed by atoms with E-state index in [-0.39, 0.29) is 11.5 Å². The first kappa shape index (κ1) is 25.8. The summed E-state index contributed by atoms with van der Waals surface area (Å²) < 4.78 is 21.6. The minimum atomic E-state index is -1.70. The van der Waals surface area contributed by atoms with Gasteiger partial charge in [0.2, 0.25) is 6.29 Å². The lowest BCUT2D eigenvalue weighted by Gasteiger charge is -2.42. The lowest BCUT2D eigenvalue weighted by Crippen LogP contribution is -2.62. The fourth-order valence-electron chi connectivity index (χ4n) is 3.63. The molecule has 12 heteroatoms. The van der Waals surface area contributed by atoms with Crippen molar-refractivity contribution in [1.82, 2.24) is 0 Å². The zero-order chi connectivity index (χ0) is 24.3. The number of hydrogen-bond donors (Lipinski definition) is 8. The molecule has 2 aliphatic rings. The number of allylic oxidation sites excluding steroid dienone is 1. The van der Waals surface area contributed by atoms with Gasteiger partial charge < -0.3 is 59.8 Å². The number of aromatic hydroxyl groups is 1. The molecule has 8 N–H and O–H groups in total. The third-order valence-corrected chi connectivity index (χ3v) is 5.59. The summed E-state index contributed by atoms with van der Waals surface area (Å²) >= 11 is 0. The summed E-state index contributed by atoms with van der Waals surface area (Å²) in [6.07, 6.45) is -13.2. The highest BCUT2D eigenvalue weighted by molar-refractivity contribution is 5.42. The maximum atomic E-state index is 10.3. The standard InChI is InChI=1S/C21H30O12/c1-2-3-9-4-5-11(10(23)6-9)31-21-19(29)17(27)15(25)13(33-21)8-30-20-18(28)16(26)14(24)12(7-22)32-20/h2,4-6,12-29H,1,3,7-8H2. The second kappa shape index (κ2) is 11.1. The van der Waals surface area contributed by atoms with Crippen LogP contribution in [0.3, 0.4) is 0 Å². The van der Waals surface area contributed by atoms with Crippen LogP contribution in [0.25, 0.3) is 0 Å². The van der Waals surface area contributed by atoms with E-state index >= 15 is 0 Å². The van der Waals surface area contributed by atoms with Crippen molar-refractivity contribution in [2.75, 3.05) is 13.2 Å². The number of rotatable bonds is 8. The third-order valence-electron chi connectivity index (χ3n) is 5.59. The largest absolute Gasteiger partial charge is 0.504 e. The molecule has 33 heavy (non-hydrogen) atoms. The Labute approximate surface area is 189 Å². The van der Waals surface area contributed by atoms with Gasteiger partial charge in [-0.15, -0.1) is 6.58 Å². The Balaban J connectivity index is 1.66. The Morgan fingerprint density at radius 1 is 0.848 bits per heavy atom. The van der Waals surface area contributed by atoms with Gasteiger partial charge in [-0.05, 0) is 24.1 Å². The summed E-state index contributed by atoms with van der Waals surface area (Å²) in [4.78, 5) is 0. The Bertz CT molecular complexity index is 789. The minimum Gasteiger partial charge on any atom is -0.504 e.